The number of carbonyl (C=O) groups excluding carboxylic acids is 2. The monoisotopic (exact) mass is 492 g/mol. The Morgan fingerprint density at radius 2 is 1.03 bits per heavy atom. The van der Waals surface area contributed by atoms with Crippen LogP contribution in [0.2, 0.25) is 20.1 Å². The van der Waals surface area contributed by atoms with Gasteiger partial charge in [0.1, 0.15) is 24.7 Å². The maximum atomic E-state index is 10.0. The second-order valence-electron chi connectivity index (χ2n) is 4.47. The maximum absolute atomic E-state index is 10.0. The average Bonchev–Trinajstić information content (AvgIpc) is 2.53. The molecular formula is C16H20Cl4N2O7. The summed E-state index contributed by atoms with van der Waals surface area (Å²) in [4.78, 5) is 20.1. The lowest BCUT2D eigenvalue weighted by Crippen LogP contribution is -2.28. The molecule has 0 radical (unpaired) electrons. The van der Waals surface area contributed by atoms with E-state index >= 15 is 0 Å². The van der Waals surface area contributed by atoms with Gasteiger partial charge in [0.15, 0.2) is 0 Å². The first kappa shape index (κ1) is 31.7. The zero-order chi connectivity index (χ0) is 19.7. The summed E-state index contributed by atoms with van der Waals surface area (Å²) in [5, 5.41) is 21.6. The van der Waals surface area contributed by atoms with Crippen LogP contribution in [0.4, 0.5) is 0 Å². The van der Waals surface area contributed by atoms with E-state index in [0.29, 0.717) is 10.0 Å². The Bertz CT molecular complexity index is 728. The van der Waals surface area contributed by atoms with Crippen molar-refractivity contribution in [2.75, 3.05) is 13.2 Å². The Balaban J connectivity index is -0.000000422. The molecule has 0 atom stereocenters. The van der Waals surface area contributed by atoms with Crippen molar-refractivity contribution in [2.45, 2.75) is 0 Å². The Hall–Kier alpha value is -1.98. The third kappa shape index (κ3) is 13.0. The summed E-state index contributed by atoms with van der Waals surface area (Å²) in [7, 11) is 0. The predicted molar refractivity (Wildman–Crippen MR) is 110 cm³/mol. The molecule has 0 fully saturated rings. The summed E-state index contributed by atoms with van der Waals surface area (Å²) in [6, 6.07) is 9.03. The smallest absolute Gasteiger partial charge is 0.138 e. The van der Waals surface area contributed by atoms with Gasteiger partial charge >= 0.3 is 0 Å². The first-order valence-electron chi connectivity index (χ1n) is 6.74. The van der Waals surface area contributed by atoms with Gasteiger partial charge in [-0.2, -0.15) is 0 Å². The first-order valence-corrected chi connectivity index (χ1v) is 8.25. The van der Waals surface area contributed by atoms with Gasteiger partial charge in [0.2, 0.25) is 0 Å². The molecule has 0 aliphatic heterocycles. The molecule has 0 saturated heterocycles. The van der Waals surface area contributed by atoms with Crippen LogP contribution >= 0.6 is 46.4 Å². The zero-order valence-corrected chi connectivity index (χ0v) is 18.4. The topological polar surface area (TPSA) is 203 Å². The van der Waals surface area contributed by atoms with Crippen LogP contribution in [0.3, 0.4) is 0 Å². The molecule has 2 aromatic rings. The van der Waals surface area contributed by atoms with Gasteiger partial charge in [-0.1, -0.05) is 46.4 Å². The van der Waals surface area contributed by atoms with E-state index < -0.39 is 25.2 Å². The maximum Gasteiger partial charge on any atom is 0.138 e. The summed E-state index contributed by atoms with van der Waals surface area (Å²) in [6.45, 7) is -1.05. The van der Waals surface area contributed by atoms with E-state index in [1.807, 2.05) is 0 Å². The highest BCUT2D eigenvalue weighted by Gasteiger charge is 2.02. The molecule has 0 aliphatic rings. The van der Waals surface area contributed by atoms with Crippen molar-refractivity contribution in [3.05, 3.63) is 56.5 Å². The standard InChI is InChI=1S/2C8H6Cl2O3.2H3N.H2O/c2*9-5-1-2-7(6(10)3-5)13-4-8(11)12;;;/h2*1-3H,4H2,(H,11,12);2*1H3;1H2. The molecule has 0 amide bonds. The fraction of sp³-hybridized carbons (Fsp3) is 0.125. The molecule has 164 valence electrons. The number of ether oxygens (including phenoxy) is 2. The third-order valence-corrected chi connectivity index (χ3v) is 3.54. The minimum Gasteiger partial charge on any atom is -0.546 e. The minimum absolute atomic E-state index is 0. The number of benzene rings is 2. The summed E-state index contributed by atoms with van der Waals surface area (Å²) < 4.78 is 9.60. The van der Waals surface area contributed by atoms with Crippen molar-refractivity contribution in [1.29, 1.82) is 0 Å². The van der Waals surface area contributed by atoms with Gasteiger partial charge in [0.25, 0.3) is 0 Å². The highest BCUT2D eigenvalue weighted by atomic mass is 35.5. The molecule has 2 rings (SSSR count). The number of hydrogen-bond acceptors (Lipinski definition) is 6. The molecule has 0 aliphatic carbocycles. The second kappa shape index (κ2) is 15.9. The van der Waals surface area contributed by atoms with Crippen molar-refractivity contribution < 1.29 is 34.8 Å². The highest BCUT2D eigenvalue weighted by molar-refractivity contribution is 6.36. The third-order valence-electron chi connectivity index (χ3n) is 2.48. The van der Waals surface area contributed by atoms with Gasteiger partial charge in [-0.05, 0) is 36.4 Å². The Morgan fingerprint density at radius 3 is 1.28 bits per heavy atom. The van der Waals surface area contributed by atoms with Crippen LogP contribution in [0, 0.1) is 0 Å². The number of quaternary nitrogens is 2. The van der Waals surface area contributed by atoms with Crippen LogP contribution in [0.5, 0.6) is 11.5 Å². The van der Waals surface area contributed by atoms with E-state index in [1.54, 1.807) is 12.1 Å². The Kier molecular flexibility index (Phi) is 17.4. The fourth-order valence-corrected chi connectivity index (χ4v) is 2.38. The number of aliphatic carboxylic acids is 2. The molecule has 13 heteroatoms. The van der Waals surface area contributed by atoms with Gasteiger partial charge in [0, 0.05) is 10.0 Å². The summed E-state index contributed by atoms with van der Waals surface area (Å²) in [5.74, 6) is -2.05. The molecule has 9 nitrogen and oxygen atoms in total. The number of carbonyl (C=O) groups is 2. The van der Waals surface area contributed by atoms with Crippen LogP contribution in [0.25, 0.3) is 0 Å². The van der Waals surface area contributed by atoms with Crippen molar-refractivity contribution in [1.82, 2.24) is 12.3 Å². The van der Waals surface area contributed by atoms with Crippen LogP contribution in [-0.4, -0.2) is 30.6 Å². The lowest BCUT2D eigenvalue weighted by atomic mass is 10.3. The minimum atomic E-state index is -1.30. The van der Waals surface area contributed by atoms with Crippen LogP contribution in [0.15, 0.2) is 36.4 Å². The number of carboxylic acids is 2. The average molecular weight is 494 g/mol. The number of carboxylic acid groups (broad SMARTS) is 2. The van der Waals surface area contributed by atoms with Gasteiger partial charge in [-0.25, -0.2) is 0 Å². The van der Waals surface area contributed by atoms with Gasteiger partial charge in [0.05, 0.1) is 22.0 Å². The van der Waals surface area contributed by atoms with Crippen molar-refractivity contribution >= 4 is 58.3 Å². The molecule has 0 aromatic heterocycles. The quantitative estimate of drug-likeness (QED) is 0.615. The van der Waals surface area contributed by atoms with E-state index in [0.717, 1.165) is 0 Å². The SMILES string of the molecule is O.O=C([O-])COc1ccc(Cl)cc1Cl.O=C([O-])COc1ccc(Cl)cc1Cl.[NH4+].[NH4+]. The van der Waals surface area contributed by atoms with Crippen molar-refractivity contribution in [2.24, 2.45) is 0 Å². The largest absolute Gasteiger partial charge is 0.546 e. The van der Waals surface area contributed by atoms with E-state index in [4.69, 9.17) is 55.9 Å². The van der Waals surface area contributed by atoms with E-state index in [9.17, 15) is 19.8 Å². The number of halogens is 4. The predicted octanol–water partition coefficient (Wildman–Crippen LogP) is 2.17. The van der Waals surface area contributed by atoms with Gasteiger partial charge < -0.3 is 47.1 Å². The molecule has 0 spiro atoms. The molecule has 2 aromatic carbocycles. The Morgan fingerprint density at radius 1 is 0.724 bits per heavy atom. The molecular weight excluding hydrogens is 474 g/mol. The lowest BCUT2D eigenvalue weighted by molar-refractivity contribution is -0.308. The summed E-state index contributed by atoms with van der Waals surface area (Å²) in [6.07, 6.45) is 0. The molecule has 10 N–H and O–H groups in total. The molecule has 0 saturated carbocycles. The second-order valence-corrected chi connectivity index (χ2v) is 6.16. The van der Waals surface area contributed by atoms with E-state index in [2.05, 4.69) is 0 Å². The van der Waals surface area contributed by atoms with Crippen LogP contribution in [-0.2, 0) is 9.59 Å². The van der Waals surface area contributed by atoms with Crippen LogP contribution in [0.1, 0.15) is 0 Å². The Labute approximate surface area is 186 Å². The molecule has 0 bridgehead atoms. The summed E-state index contributed by atoms with van der Waals surface area (Å²) in [5.41, 5.74) is 0. The van der Waals surface area contributed by atoms with Crippen molar-refractivity contribution in [3.63, 3.8) is 0 Å². The lowest BCUT2D eigenvalue weighted by Gasteiger charge is -2.07. The fourth-order valence-electron chi connectivity index (χ4n) is 1.46. The molecule has 29 heavy (non-hydrogen) atoms. The number of rotatable bonds is 6. The van der Waals surface area contributed by atoms with Gasteiger partial charge in [-0.15, -0.1) is 0 Å². The van der Waals surface area contributed by atoms with Gasteiger partial charge in [-0.3, -0.25) is 0 Å². The normalized spacial score (nSPS) is 8.69. The van der Waals surface area contributed by atoms with Crippen LogP contribution < -0.4 is 32.0 Å². The molecule has 0 heterocycles. The zero-order valence-electron chi connectivity index (χ0n) is 15.3. The first-order chi connectivity index (χ1) is 12.2. The molecule has 0 unspecified atom stereocenters. The summed E-state index contributed by atoms with van der Waals surface area (Å²) >= 11 is 22.6. The van der Waals surface area contributed by atoms with E-state index in [-0.39, 0.29) is 39.3 Å². The number of hydrogen-bond donors (Lipinski definition) is 2. The highest BCUT2D eigenvalue weighted by Crippen LogP contribution is 2.28. The van der Waals surface area contributed by atoms with Crippen molar-refractivity contribution in [3.8, 4) is 11.5 Å². The van der Waals surface area contributed by atoms with E-state index in [1.165, 1.54) is 24.3 Å².